The van der Waals surface area contributed by atoms with Gasteiger partial charge in [0.15, 0.2) is 0 Å². The summed E-state index contributed by atoms with van der Waals surface area (Å²) in [4.78, 5) is 2.05. The van der Waals surface area contributed by atoms with Crippen molar-refractivity contribution in [3.63, 3.8) is 0 Å². The average Bonchev–Trinajstić information content (AvgIpc) is 2.64. The minimum absolute atomic E-state index is 0.390. The van der Waals surface area contributed by atoms with E-state index >= 15 is 0 Å². The lowest BCUT2D eigenvalue weighted by atomic mass is 10.1. The van der Waals surface area contributed by atoms with Gasteiger partial charge < -0.3 is 0 Å². The molecule has 0 aliphatic rings. The van der Waals surface area contributed by atoms with E-state index in [1.807, 2.05) is 19.1 Å². The highest BCUT2D eigenvalue weighted by Gasteiger charge is 2.16. The van der Waals surface area contributed by atoms with E-state index in [-0.39, 0.29) is 6.04 Å². The first-order valence-corrected chi connectivity index (χ1v) is 5.90. The van der Waals surface area contributed by atoms with Crippen LogP contribution in [-0.2, 0) is 0 Å². The van der Waals surface area contributed by atoms with Crippen molar-refractivity contribution in [3.05, 3.63) is 57.3 Å². The van der Waals surface area contributed by atoms with Gasteiger partial charge in [0, 0.05) is 15.8 Å². The summed E-state index contributed by atoms with van der Waals surface area (Å²) in [7, 11) is 0. The standard InChI is InChI=1S/C12H12F2N2S/c1-7-2-3-11(17-7)12(16-15)8-4-9(13)6-10(14)5-8/h2-6,12,16H,15H2,1H3. The maximum atomic E-state index is 13.1. The summed E-state index contributed by atoms with van der Waals surface area (Å²) >= 11 is 1.54. The van der Waals surface area contributed by atoms with E-state index < -0.39 is 11.6 Å². The maximum absolute atomic E-state index is 13.1. The van der Waals surface area contributed by atoms with E-state index in [1.54, 1.807) is 0 Å². The molecule has 17 heavy (non-hydrogen) atoms. The molecule has 0 radical (unpaired) electrons. The summed E-state index contributed by atoms with van der Waals surface area (Å²) in [5, 5.41) is 0. The number of nitrogens with one attached hydrogen (secondary N) is 1. The van der Waals surface area contributed by atoms with Crippen LogP contribution in [0.3, 0.4) is 0 Å². The van der Waals surface area contributed by atoms with Gasteiger partial charge in [0.25, 0.3) is 0 Å². The molecule has 1 aromatic carbocycles. The molecule has 0 aliphatic carbocycles. The summed E-state index contributed by atoms with van der Waals surface area (Å²) in [6.45, 7) is 1.97. The third kappa shape index (κ3) is 2.69. The fraction of sp³-hybridized carbons (Fsp3) is 0.167. The first kappa shape index (κ1) is 12.2. The molecule has 2 aromatic rings. The largest absolute Gasteiger partial charge is 0.271 e. The van der Waals surface area contributed by atoms with Crippen LogP contribution < -0.4 is 11.3 Å². The summed E-state index contributed by atoms with van der Waals surface area (Å²) in [5.41, 5.74) is 3.06. The van der Waals surface area contributed by atoms with Gasteiger partial charge in [-0.05, 0) is 36.8 Å². The summed E-state index contributed by atoms with van der Waals surface area (Å²) in [6.07, 6.45) is 0. The van der Waals surface area contributed by atoms with Crippen LogP contribution in [0.1, 0.15) is 21.4 Å². The average molecular weight is 254 g/mol. The van der Waals surface area contributed by atoms with Crippen LogP contribution in [0.4, 0.5) is 8.78 Å². The fourth-order valence-corrected chi connectivity index (χ4v) is 2.66. The highest BCUT2D eigenvalue weighted by Crippen LogP contribution is 2.28. The van der Waals surface area contributed by atoms with Crippen LogP contribution in [-0.4, -0.2) is 0 Å². The number of hydrazine groups is 1. The van der Waals surface area contributed by atoms with Crippen molar-refractivity contribution in [2.75, 3.05) is 0 Å². The number of benzene rings is 1. The molecule has 0 saturated heterocycles. The maximum Gasteiger partial charge on any atom is 0.126 e. The SMILES string of the molecule is Cc1ccc(C(NN)c2cc(F)cc(F)c2)s1. The van der Waals surface area contributed by atoms with Crippen molar-refractivity contribution >= 4 is 11.3 Å². The van der Waals surface area contributed by atoms with Gasteiger partial charge in [-0.15, -0.1) is 11.3 Å². The Morgan fingerprint density at radius 1 is 1.18 bits per heavy atom. The zero-order valence-corrected chi connectivity index (χ0v) is 10.0. The first-order valence-electron chi connectivity index (χ1n) is 5.08. The van der Waals surface area contributed by atoms with Crippen molar-refractivity contribution in [1.29, 1.82) is 0 Å². The normalized spacial score (nSPS) is 12.7. The molecule has 3 N–H and O–H groups in total. The Hall–Kier alpha value is -1.30. The van der Waals surface area contributed by atoms with Crippen molar-refractivity contribution in [2.45, 2.75) is 13.0 Å². The molecule has 0 bridgehead atoms. The Labute approximate surface area is 102 Å². The molecule has 5 heteroatoms. The summed E-state index contributed by atoms with van der Waals surface area (Å²) in [5.74, 6) is 4.25. The van der Waals surface area contributed by atoms with Gasteiger partial charge in [-0.2, -0.15) is 0 Å². The second-order valence-corrected chi connectivity index (χ2v) is 5.07. The third-order valence-corrected chi connectivity index (χ3v) is 3.50. The van der Waals surface area contributed by atoms with Gasteiger partial charge in [-0.3, -0.25) is 5.84 Å². The molecule has 0 aliphatic heterocycles. The fourth-order valence-electron chi connectivity index (χ4n) is 1.69. The molecule has 2 rings (SSSR count). The topological polar surface area (TPSA) is 38.0 Å². The second kappa shape index (κ2) is 4.91. The Balaban J connectivity index is 2.41. The highest BCUT2D eigenvalue weighted by molar-refractivity contribution is 7.12. The minimum atomic E-state index is -0.603. The second-order valence-electron chi connectivity index (χ2n) is 3.75. The highest BCUT2D eigenvalue weighted by atomic mass is 32.1. The van der Waals surface area contributed by atoms with E-state index in [0.717, 1.165) is 15.8 Å². The summed E-state index contributed by atoms with van der Waals surface area (Å²) in [6, 6.07) is 6.86. The number of thiophene rings is 1. The number of aryl methyl sites for hydroxylation is 1. The van der Waals surface area contributed by atoms with Crippen LogP contribution in [0.25, 0.3) is 0 Å². The van der Waals surface area contributed by atoms with Gasteiger partial charge >= 0.3 is 0 Å². The molecule has 0 spiro atoms. The van der Waals surface area contributed by atoms with Crippen LogP contribution >= 0.6 is 11.3 Å². The Morgan fingerprint density at radius 3 is 2.29 bits per heavy atom. The lowest BCUT2D eigenvalue weighted by Crippen LogP contribution is -2.28. The van der Waals surface area contributed by atoms with Gasteiger partial charge in [0.05, 0.1) is 6.04 Å². The number of nitrogens with two attached hydrogens (primary N) is 1. The number of hydrogen-bond donors (Lipinski definition) is 2. The molecule has 1 aromatic heterocycles. The third-order valence-electron chi connectivity index (χ3n) is 2.43. The van der Waals surface area contributed by atoms with E-state index in [4.69, 9.17) is 5.84 Å². The molecular formula is C12H12F2N2S. The molecule has 0 saturated carbocycles. The van der Waals surface area contributed by atoms with Crippen LogP contribution in [0, 0.1) is 18.6 Å². The Bertz CT molecular complexity index is 505. The van der Waals surface area contributed by atoms with Crippen molar-refractivity contribution in [1.82, 2.24) is 5.43 Å². The molecule has 0 amide bonds. The van der Waals surface area contributed by atoms with Crippen LogP contribution in [0.2, 0.25) is 0 Å². The molecule has 1 unspecified atom stereocenters. The van der Waals surface area contributed by atoms with E-state index in [1.165, 1.54) is 23.5 Å². The first-order chi connectivity index (χ1) is 8.10. The minimum Gasteiger partial charge on any atom is -0.271 e. The van der Waals surface area contributed by atoms with Gasteiger partial charge in [-0.25, -0.2) is 14.2 Å². The lowest BCUT2D eigenvalue weighted by molar-refractivity contribution is 0.567. The zero-order chi connectivity index (χ0) is 12.4. The van der Waals surface area contributed by atoms with E-state index in [9.17, 15) is 8.78 Å². The molecular weight excluding hydrogens is 242 g/mol. The monoisotopic (exact) mass is 254 g/mol. The van der Waals surface area contributed by atoms with Crippen molar-refractivity contribution in [2.24, 2.45) is 5.84 Å². The Morgan fingerprint density at radius 2 is 1.82 bits per heavy atom. The quantitative estimate of drug-likeness (QED) is 0.653. The predicted molar refractivity (Wildman–Crippen MR) is 64.6 cm³/mol. The number of hydrogen-bond acceptors (Lipinski definition) is 3. The van der Waals surface area contributed by atoms with E-state index in [0.29, 0.717) is 5.56 Å². The predicted octanol–water partition coefficient (Wildman–Crippen LogP) is 2.89. The smallest absolute Gasteiger partial charge is 0.126 e. The molecule has 1 heterocycles. The zero-order valence-electron chi connectivity index (χ0n) is 9.21. The van der Waals surface area contributed by atoms with E-state index in [2.05, 4.69) is 5.43 Å². The summed E-state index contributed by atoms with van der Waals surface area (Å²) < 4.78 is 26.3. The number of halogens is 2. The Kier molecular flexibility index (Phi) is 3.51. The van der Waals surface area contributed by atoms with Crippen molar-refractivity contribution in [3.8, 4) is 0 Å². The van der Waals surface area contributed by atoms with Crippen LogP contribution in [0.5, 0.6) is 0 Å². The molecule has 2 nitrogen and oxygen atoms in total. The van der Waals surface area contributed by atoms with Crippen LogP contribution in [0.15, 0.2) is 30.3 Å². The number of rotatable bonds is 3. The van der Waals surface area contributed by atoms with Gasteiger partial charge in [0.1, 0.15) is 11.6 Å². The van der Waals surface area contributed by atoms with Gasteiger partial charge in [0.2, 0.25) is 0 Å². The van der Waals surface area contributed by atoms with Crippen molar-refractivity contribution < 1.29 is 8.78 Å². The molecule has 90 valence electrons. The molecule has 1 atom stereocenters. The lowest BCUT2D eigenvalue weighted by Gasteiger charge is -2.14. The molecule has 0 fully saturated rings. The van der Waals surface area contributed by atoms with Gasteiger partial charge in [-0.1, -0.05) is 0 Å².